The van der Waals surface area contributed by atoms with Crippen LogP contribution < -0.4 is 19.7 Å². The predicted octanol–water partition coefficient (Wildman–Crippen LogP) is 2.80. The molecular formula is C29H40N2O7. The summed E-state index contributed by atoms with van der Waals surface area (Å²) in [4.78, 5) is 14.4. The molecule has 1 saturated heterocycles. The number of rotatable bonds is 14. The number of ketones is 1. The standard InChI is InChI=1S/C29H40N2O7/c1-33-13-4-11-31-12-14-36-26-10-5-21(15-25(26)31)18-37-27-16-30-17-28(38-20-23(32)19-34-2)29(27)22-6-8-24(35-3)9-7-22/h5-10,15,27-30H,4,11-14,16-20H2,1-3H3/t27-,28+,29+/m0/s1. The van der Waals surface area contributed by atoms with E-state index in [1.54, 1.807) is 14.2 Å². The molecule has 0 aromatic heterocycles. The summed E-state index contributed by atoms with van der Waals surface area (Å²) in [6.07, 6.45) is 0.586. The van der Waals surface area contributed by atoms with Crippen LogP contribution in [0.15, 0.2) is 42.5 Å². The first-order valence-electron chi connectivity index (χ1n) is 13.2. The van der Waals surface area contributed by atoms with Crippen LogP contribution >= 0.6 is 0 Å². The smallest absolute Gasteiger partial charge is 0.183 e. The van der Waals surface area contributed by atoms with E-state index < -0.39 is 0 Å². The second-order valence-electron chi connectivity index (χ2n) is 9.61. The van der Waals surface area contributed by atoms with Crippen molar-refractivity contribution in [3.05, 3.63) is 53.6 Å². The number of carbonyl (C=O) groups is 1. The van der Waals surface area contributed by atoms with Crippen molar-refractivity contribution in [3.8, 4) is 11.5 Å². The third kappa shape index (κ3) is 7.45. The molecule has 0 saturated carbocycles. The third-order valence-corrected chi connectivity index (χ3v) is 6.98. The van der Waals surface area contributed by atoms with Gasteiger partial charge in [-0.1, -0.05) is 18.2 Å². The van der Waals surface area contributed by atoms with Crippen molar-refractivity contribution in [2.45, 2.75) is 31.2 Å². The lowest BCUT2D eigenvalue weighted by Crippen LogP contribution is -2.51. The van der Waals surface area contributed by atoms with Crippen LogP contribution in [0.2, 0.25) is 0 Å². The normalized spacial score (nSPS) is 21.0. The minimum Gasteiger partial charge on any atom is -0.497 e. The fourth-order valence-electron chi connectivity index (χ4n) is 5.09. The number of nitrogens with one attached hydrogen (secondary N) is 1. The molecule has 1 fully saturated rings. The van der Waals surface area contributed by atoms with Gasteiger partial charge in [0, 0.05) is 46.4 Å². The van der Waals surface area contributed by atoms with Gasteiger partial charge >= 0.3 is 0 Å². The first-order valence-corrected chi connectivity index (χ1v) is 13.2. The van der Waals surface area contributed by atoms with Crippen molar-refractivity contribution < 1.29 is 33.2 Å². The molecule has 3 atom stereocenters. The van der Waals surface area contributed by atoms with Gasteiger partial charge in [0.2, 0.25) is 0 Å². The van der Waals surface area contributed by atoms with Gasteiger partial charge in [-0.25, -0.2) is 0 Å². The van der Waals surface area contributed by atoms with Crippen LogP contribution in [-0.4, -0.2) is 91.9 Å². The molecule has 0 aliphatic carbocycles. The van der Waals surface area contributed by atoms with E-state index in [9.17, 15) is 4.79 Å². The minimum absolute atomic E-state index is 0.00326. The lowest BCUT2D eigenvalue weighted by molar-refractivity contribution is -0.132. The SMILES string of the molecule is COCCCN1CCOc2ccc(CO[C@H]3CNC[C@@H](OCC(=O)COC)[C@@H]3c3ccc(OC)cc3)cc21. The van der Waals surface area contributed by atoms with E-state index in [1.807, 2.05) is 30.3 Å². The first kappa shape index (κ1) is 28.3. The maximum Gasteiger partial charge on any atom is 0.183 e. The lowest BCUT2D eigenvalue weighted by atomic mass is 9.85. The van der Waals surface area contributed by atoms with Crippen molar-refractivity contribution in [2.75, 3.05) is 78.8 Å². The van der Waals surface area contributed by atoms with Gasteiger partial charge < -0.3 is 38.6 Å². The van der Waals surface area contributed by atoms with Crippen LogP contribution in [0.1, 0.15) is 23.5 Å². The summed E-state index contributed by atoms with van der Waals surface area (Å²) in [5, 5.41) is 3.43. The number of anilines is 1. The Hall–Kier alpha value is -2.69. The fourth-order valence-corrected chi connectivity index (χ4v) is 5.09. The molecule has 2 aliphatic heterocycles. The molecule has 0 bridgehead atoms. The number of hydrogen-bond donors (Lipinski definition) is 1. The summed E-state index contributed by atoms with van der Waals surface area (Å²) in [6.45, 7) is 4.99. The van der Waals surface area contributed by atoms with Crippen molar-refractivity contribution in [1.82, 2.24) is 5.32 Å². The quantitative estimate of drug-likeness (QED) is 0.372. The second-order valence-corrected chi connectivity index (χ2v) is 9.61. The van der Waals surface area contributed by atoms with E-state index in [0.29, 0.717) is 26.3 Å². The molecule has 208 valence electrons. The van der Waals surface area contributed by atoms with Gasteiger partial charge in [0.1, 0.15) is 31.3 Å². The second kappa shape index (κ2) is 14.5. The Labute approximate surface area is 225 Å². The Kier molecular flexibility index (Phi) is 10.8. The van der Waals surface area contributed by atoms with E-state index in [1.165, 1.54) is 7.11 Å². The molecule has 0 amide bonds. The van der Waals surface area contributed by atoms with E-state index in [2.05, 4.69) is 22.3 Å². The Morgan fingerprint density at radius 2 is 1.79 bits per heavy atom. The maximum absolute atomic E-state index is 12.1. The van der Waals surface area contributed by atoms with Gasteiger partial charge in [-0.2, -0.15) is 0 Å². The van der Waals surface area contributed by atoms with E-state index in [0.717, 1.165) is 54.4 Å². The zero-order valence-electron chi connectivity index (χ0n) is 22.6. The number of hydrogen-bond acceptors (Lipinski definition) is 9. The van der Waals surface area contributed by atoms with Gasteiger partial charge in [-0.15, -0.1) is 0 Å². The van der Waals surface area contributed by atoms with Crippen LogP contribution in [0.3, 0.4) is 0 Å². The van der Waals surface area contributed by atoms with Gasteiger partial charge in [0.25, 0.3) is 0 Å². The number of benzene rings is 2. The molecule has 1 N–H and O–H groups in total. The average molecular weight is 529 g/mol. The Morgan fingerprint density at radius 3 is 2.53 bits per heavy atom. The summed E-state index contributed by atoms with van der Waals surface area (Å²) in [5.41, 5.74) is 3.27. The van der Waals surface area contributed by atoms with Crippen molar-refractivity contribution >= 4 is 11.5 Å². The number of piperidine rings is 1. The van der Waals surface area contributed by atoms with E-state index in [-0.39, 0.29) is 37.1 Å². The highest BCUT2D eigenvalue weighted by molar-refractivity contribution is 5.80. The fraction of sp³-hybridized carbons (Fsp3) is 0.552. The Balaban J connectivity index is 1.48. The highest BCUT2D eigenvalue weighted by Gasteiger charge is 2.36. The van der Waals surface area contributed by atoms with E-state index in [4.69, 9.17) is 28.4 Å². The molecule has 38 heavy (non-hydrogen) atoms. The van der Waals surface area contributed by atoms with Gasteiger partial charge in [-0.3, -0.25) is 4.79 Å². The molecule has 9 heteroatoms. The molecule has 2 aliphatic rings. The molecule has 0 unspecified atom stereocenters. The monoisotopic (exact) mass is 528 g/mol. The number of Topliss-reactive ketones (excluding diaryl/α,β-unsaturated/α-hetero) is 1. The summed E-state index contributed by atoms with van der Waals surface area (Å²) < 4.78 is 34.1. The molecular weight excluding hydrogens is 488 g/mol. The number of ether oxygens (including phenoxy) is 6. The molecule has 2 heterocycles. The highest BCUT2D eigenvalue weighted by atomic mass is 16.5. The van der Waals surface area contributed by atoms with Crippen molar-refractivity contribution in [3.63, 3.8) is 0 Å². The van der Waals surface area contributed by atoms with Gasteiger partial charge in [0.05, 0.1) is 38.2 Å². The predicted molar refractivity (Wildman–Crippen MR) is 144 cm³/mol. The summed E-state index contributed by atoms with van der Waals surface area (Å²) in [7, 11) is 4.89. The summed E-state index contributed by atoms with van der Waals surface area (Å²) in [5.74, 6) is 1.56. The molecule has 2 aromatic carbocycles. The zero-order chi connectivity index (χ0) is 26.7. The molecule has 4 rings (SSSR count). The highest BCUT2D eigenvalue weighted by Crippen LogP contribution is 2.35. The van der Waals surface area contributed by atoms with Crippen molar-refractivity contribution in [1.29, 1.82) is 0 Å². The maximum atomic E-state index is 12.1. The van der Waals surface area contributed by atoms with Crippen molar-refractivity contribution in [2.24, 2.45) is 0 Å². The molecule has 9 nitrogen and oxygen atoms in total. The summed E-state index contributed by atoms with van der Waals surface area (Å²) in [6, 6.07) is 14.3. The lowest BCUT2D eigenvalue weighted by Gasteiger charge is -2.39. The molecule has 2 aromatic rings. The van der Waals surface area contributed by atoms with E-state index >= 15 is 0 Å². The van der Waals surface area contributed by atoms with Crippen LogP contribution in [0, 0.1) is 0 Å². The minimum atomic E-state index is -0.226. The van der Waals surface area contributed by atoms with Crippen LogP contribution in [0.4, 0.5) is 5.69 Å². The Morgan fingerprint density at radius 1 is 1.00 bits per heavy atom. The zero-order valence-corrected chi connectivity index (χ0v) is 22.6. The molecule has 0 radical (unpaired) electrons. The average Bonchev–Trinajstić information content (AvgIpc) is 2.95. The van der Waals surface area contributed by atoms with Crippen LogP contribution in [0.25, 0.3) is 0 Å². The molecule has 0 spiro atoms. The topological polar surface area (TPSA) is 87.7 Å². The summed E-state index contributed by atoms with van der Waals surface area (Å²) >= 11 is 0. The van der Waals surface area contributed by atoms with Gasteiger partial charge in [-0.05, 0) is 41.8 Å². The van der Waals surface area contributed by atoms with Crippen LogP contribution in [0.5, 0.6) is 11.5 Å². The number of fused-ring (bicyclic) bond motifs is 1. The third-order valence-electron chi connectivity index (χ3n) is 6.98. The largest absolute Gasteiger partial charge is 0.497 e. The number of methoxy groups -OCH3 is 3. The van der Waals surface area contributed by atoms with Gasteiger partial charge in [0.15, 0.2) is 5.78 Å². The number of carbonyl (C=O) groups excluding carboxylic acids is 1. The Bertz CT molecular complexity index is 1020. The van der Waals surface area contributed by atoms with Crippen LogP contribution in [-0.2, 0) is 30.3 Å². The first-order chi connectivity index (χ1) is 18.6. The number of nitrogens with zero attached hydrogens (tertiary/aromatic N) is 1.